The van der Waals surface area contributed by atoms with Crippen molar-refractivity contribution in [3.05, 3.63) is 11.6 Å². The largest absolute Gasteiger partial charge is 0.352 e. The van der Waals surface area contributed by atoms with Crippen LogP contribution in [0.4, 0.5) is 0 Å². The maximum absolute atomic E-state index is 12.1. The summed E-state index contributed by atoms with van der Waals surface area (Å²) in [4.78, 5) is 12.1. The molecule has 128 valence electrons. The van der Waals surface area contributed by atoms with E-state index in [9.17, 15) is 4.79 Å². The molecular formula is C21H33NO. The number of rotatable bonds is 0. The van der Waals surface area contributed by atoms with Gasteiger partial charge in [-0.05, 0) is 66.1 Å². The quantitative estimate of drug-likeness (QED) is 0.645. The molecule has 23 heavy (non-hydrogen) atoms. The van der Waals surface area contributed by atoms with E-state index in [0.717, 1.165) is 24.8 Å². The highest BCUT2D eigenvalue weighted by atomic mass is 16.1. The van der Waals surface area contributed by atoms with Crippen molar-refractivity contribution in [2.45, 2.75) is 72.6 Å². The van der Waals surface area contributed by atoms with Gasteiger partial charge < -0.3 is 5.32 Å². The Morgan fingerprint density at radius 3 is 2.61 bits per heavy atom. The van der Waals surface area contributed by atoms with Crippen LogP contribution in [-0.2, 0) is 4.79 Å². The number of piperidine rings is 1. The maximum Gasteiger partial charge on any atom is 0.220 e. The third-order valence-corrected chi connectivity index (χ3v) is 8.58. The van der Waals surface area contributed by atoms with Gasteiger partial charge >= 0.3 is 0 Å². The van der Waals surface area contributed by atoms with Gasteiger partial charge in [0.05, 0.1) is 0 Å². The van der Waals surface area contributed by atoms with Crippen molar-refractivity contribution < 1.29 is 4.79 Å². The fourth-order valence-corrected chi connectivity index (χ4v) is 7.49. The Morgan fingerprint density at radius 1 is 1.04 bits per heavy atom. The summed E-state index contributed by atoms with van der Waals surface area (Å²) < 4.78 is 0. The number of hydrogen-bond donors (Lipinski definition) is 1. The summed E-state index contributed by atoms with van der Waals surface area (Å²) in [7, 11) is 0. The molecule has 0 aromatic rings. The van der Waals surface area contributed by atoms with Gasteiger partial charge in [-0.25, -0.2) is 0 Å². The molecule has 0 unspecified atom stereocenters. The van der Waals surface area contributed by atoms with Crippen LogP contribution in [0.2, 0.25) is 0 Å². The first-order chi connectivity index (χ1) is 10.8. The van der Waals surface area contributed by atoms with E-state index < -0.39 is 0 Å². The monoisotopic (exact) mass is 315 g/mol. The molecule has 2 heteroatoms. The van der Waals surface area contributed by atoms with Gasteiger partial charge in [0.15, 0.2) is 0 Å². The molecule has 2 nitrogen and oxygen atoms in total. The summed E-state index contributed by atoms with van der Waals surface area (Å²) in [5.74, 6) is 2.38. The highest BCUT2D eigenvalue weighted by Gasteiger charge is 2.61. The third kappa shape index (κ3) is 2.09. The zero-order valence-electron chi connectivity index (χ0n) is 15.4. The summed E-state index contributed by atoms with van der Waals surface area (Å²) in [6.07, 6.45) is 11.3. The molecule has 0 aromatic carbocycles. The van der Waals surface area contributed by atoms with E-state index in [0.29, 0.717) is 22.2 Å². The lowest BCUT2D eigenvalue weighted by molar-refractivity contribution is -0.152. The molecule has 4 aliphatic rings. The van der Waals surface area contributed by atoms with Gasteiger partial charge in [-0.1, -0.05) is 45.8 Å². The Bertz CT molecular complexity index is 562. The van der Waals surface area contributed by atoms with Crippen LogP contribution in [0.5, 0.6) is 0 Å². The molecular weight excluding hydrogens is 282 g/mol. The second kappa shape index (κ2) is 4.86. The van der Waals surface area contributed by atoms with Crippen molar-refractivity contribution in [2.24, 2.45) is 34.0 Å². The van der Waals surface area contributed by atoms with Gasteiger partial charge in [-0.15, -0.1) is 0 Å². The summed E-state index contributed by atoms with van der Waals surface area (Å²) in [6.45, 7) is 10.9. The molecule has 3 aliphatic carbocycles. The van der Waals surface area contributed by atoms with E-state index >= 15 is 0 Å². The molecule has 0 aromatic heterocycles. The Kier molecular flexibility index (Phi) is 3.32. The predicted octanol–water partition coefficient (Wildman–Crippen LogP) is 4.70. The lowest BCUT2D eigenvalue weighted by Crippen LogP contribution is -2.59. The van der Waals surface area contributed by atoms with Crippen LogP contribution in [0.25, 0.3) is 0 Å². The van der Waals surface area contributed by atoms with Crippen molar-refractivity contribution in [2.75, 3.05) is 6.54 Å². The second-order valence-corrected chi connectivity index (χ2v) is 10.0. The van der Waals surface area contributed by atoms with Crippen LogP contribution in [0, 0.1) is 34.0 Å². The van der Waals surface area contributed by atoms with Crippen molar-refractivity contribution >= 4 is 5.91 Å². The standard InChI is InChI=1S/C21H33NO/c1-19(2)9-5-10-21(4)16(19)8-11-20(3)15-12-18(23)22-13-14(15)6-7-17(20)21/h6,15-17H,5,7-13H2,1-4H3,(H,22,23)/t15-,16+,17+,20+,21+/m1/s1. The van der Waals surface area contributed by atoms with Crippen molar-refractivity contribution in [1.29, 1.82) is 0 Å². The van der Waals surface area contributed by atoms with Crippen LogP contribution in [0.15, 0.2) is 11.6 Å². The Hall–Kier alpha value is -0.790. The van der Waals surface area contributed by atoms with E-state index in [1.807, 2.05) is 0 Å². The molecule has 0 radical (unpaired) electrons. The average Bonchev–Trinajstić information content (AvgIpc) is 2.46. The van der Waals surface area contributed by atoms with E-state index in [-0.39, 0.29) is 5.91 Å². The number of nitrogens with one attached hydrogen (secondary N) is 1. The first kappa shape index (κ1) is 15.7. The van der Waals surface area contributed by atoms with Gasteiger partial charge in [0, 0.05) is 13.0 Å². The lowest BCUT2D eigenvalue weighted by Gasteiger charge is -2.65. The lowest BCUT2D eigenvalue weighted by atomic mass is 9.39. The van der Waals surface area contributed by atoms with Crippen molar-refractivity contribution in [1.82, 2.24) is 5.32 Å². The summed E-state index contributed by atoms with van der Waals surface area (Å²) in [6, 6.07) is 0. The van der Waals surface area contributed by atoms with E-state index in [1.54, 1.807) is 0 Å². The fraction of sp³-hybridized carbons (Fsp3) is 0.857. The van der Waals surface area contributed by atoms with Gasteiger partial charge in [0.2, 0.25) is 5.91 Å². The number of allylic oxidation sites excluding steroid dienone is 1. The molecule has 1 amide bonds. The molecule has 1 N–H and O–H groups in total. The van der Waals surface area contributed by atoms with Crippen molar-refractivity contribution in [3.63, 3.8) is 0 Å². The minimum absolute atomic E-state index is 0.269. The number of fused-ring (bicyclic) bond motifs is 5. The van der Waals surface area contributed by atoms with Crippen LogP contribution in [0.1, 0.15) is 72.6 Å². The number of carbonyl (C=O) groups is 1. The molecule has 1 heterocycles. The average molecular weight is 316 g/mol. The zero-order valence-corrected chi connectivity index (χ0v) is 15.4. The minimum atomic E-state index is 0.269. The Balaban J connectivity index is 1.74. The van der Waals surface area contributed by atoms with E-state index in [4.69, 9.17) is 0 Å². The van der Waals surface area contributed by atoms with Crippen LogP contribution in [-0.4, -0.2) is 12.5 Å². The molecule has 0 bridgehead atoms. The summed E-state index contributed by atoms with van der Waals surface area (Å²) in [5.41, 5.74) is 2.81. The van der Waals surface area contributed by atoms with Crippen molar-refractivity contribution in [3.8, 4) is 0 Å². The topological polar surface area (TPSA) is 29.1 Å². The highest BCUT2D eigenvalue weighted by molar-refractivity contribution is 5.78. The maximum atomic E-state index is 12.1. The number of hydrogen-bond acceptors (Lipinski definition) is 1. The normalized spacial score (nSPS) is 48.4. The van der Waals surface area contributed by atoms with Crippen LogP contribution < -0.4 is 5.32 Å². The van der Waals surface area contributed by atoms with E-state index in [1.165, 1.54) is 44.1 Å². The second-order valence-electron chi connectivity index (χ2n) is 10.0. The molecule has 5 atom stereocenters. The summed E-state index contributed by atoms with van der Waals surface area (Å²) in [5, 5.41) is 3.07. The SMILES string of the molecule is CC1(C)CCC[C@]2(C)[C@H]3CC=C4CNC(=O)C[C@H]4[C@]3(C)CC[C@@H]12. The molecule has 4 rings (SSSR count). The predicted molar refractivity (Wildman–Crippen MR) is 93.9 cm³/mol. The smallest absolute Gasteiger partial charge is 0.220 e. The Morgan fingerprint density at radius 2 is 1.83 bits per heavy atom. The van der Waals surface area contributed by atoms with Gasteiger partial charge in [0.1, 0.15) is 0 Å². The molecule has 1 aliphatic heterocycles. The van der Waals surface area contributed by atoms with E-state index in [2.05, 4.69) is 39.1 Å². The van der Waals surface area contributed by atoms with Crippen LogP contribution >= 0.6 is 0 Å². The zero-order chi connectivity index (χ0) is 16.5. The fourth-order valence-electron chi connectivity index (χ4n) is 7.49. The highest BCUT2D eigenvalue weighted by Crippen LogP contribution is 2.68. The van der Waals surface area contributed by atoms with Gasteiger partial charge in [-0.3, -0.25) is 4.79 Å². The van der Waals surface area contributed by atoms with Gasteiger partial charge in [0.25, 0.3) is 0 Å². The Labute approximate surface area is 141 Å². The molecule has 2 saturated carbocycles. The van der Waals surface area contributed by atoms with Crippen LogP contribution in [0.3, 0.4) is 0 Å². The number of carbonyl (C=O) groups excluding carboxylic acids is 1. The number of amides is 1. The first-order valence-electron chi connectivity index (χ1n) is 9.73. The summed E-state index contributed by atoms with van der Waals surface area (Å²) >= 11 is 0. The molecule has 0 spiro atoms. The minimum Gasteiger partial charge on any atom is -0.352 e. The molecule has 3 fully saturated rings. The first-order valence-corrected chi connectivity index (χ1v) is 9.73. The van der Waals surface area contributed by atoms with Gasteiger partial charge in [-0.2, -0.15) is 0 Å². The third-order valence-electron chi connectivity index (χ3n) is 8.58. The molecule has 1 saturated heterocycles.